The van der Waals surface area contributed by atoms with E-state index in [2.05, 4.69) is 11.1 Å². The summed E-state index contributed by atoms with van der Waals surface area (Å²) in [5.74, 6) is 0.0216. The van der Waals surface area contributed by atoms with Crippen molar-refractivity contribution in [3.63, 3.8) is 0 Å². The first-order chi connectivity index (χ1) is 8.00. The van der Waals surface area contributed by atoms with E-state index in [9.17, 15) is 13.2 Å². The molecule has 0 aromatic carbocycles. The highest BCUT2D eigenvalue weighted by atomic mass is 32.1. The lowest BCUT2D eigenvalue weighted by molar-refractivity contribution is -0.134. The number of thiazole rings is 1. The molecule has 2 rings (SSSR count). The first-order valence-corrected chi connectivity index (χ1v) is 6.00. The van der Waals surface area contributed by atoms with E-state index in [1.807, 2.05) is 4.90 Å². The maximum atomic E-state index is 12.4. The molecule has 1 aliphatic heterocycles. The van der Waals surface area contributed by atoms with Crippen molar-refractivity contribution >= 4 is 16.5 Å². The summed E-state index contributed by atoms with van der Waals surface area (Å²) in [4.78, 5) is 4.94. The summed E-state index contributed by atoms with van der Waals surface area (Å²) in [6, 6.07) is 2.18. The van der Waals surface area contributed by atoms with Gasteiger partial charge in [0.15, 0.2) is 5.13 Å². The van der Waals surface area contributed by atoms with Gasteiger partial charge in [0.1, 0.15) is 4.88 Å². The van der Waals surface area contributed by atoms with Gasteiger partial charge in [-0.05, 0) is 12.8 Å². The van der Waals surface area contributed by atoms with Crippen LogP contribution < -0.4 is 4.90 Å². The third-order valence-corrected chi connectivity index (χ3v) is 3.82. The molecule has 0 saturated carbocycles. The molecule has 0 unspecified atom stereocenters. The SMILES string of the molecule is N#CC1CCN(c2ncc(C(F)(F)F)s2)CC1. The molecule has 3 nitrogen and oxygen atoms in total. The van der Waals surface area contributed by atoms with Crippen LogP contribution in [0.15, 0.2) is 6.20 Å². The predicted molar refractivity (Wildman–Crippen MR) is 57.7 cm³/mol. The summed E-state index contributed by atoms with van der Waals surface area (Å²) in [5, 5.41) is 9.13. The van der Waals surface area contributed by atoms with E-state index in [-0.39, 0.29) is 5.92 Å². The summed E-state index contributed by atoms with van der Waals surface area (Å²) in [7, 11) is 0. The molecule has 1 aliphatic rings. The molecular formula is C10H10F3N3S. The average Bonchev–Trinajstić information content (AvgIpc) is 2.78. The van der Waals surface area contributed by atoms with E-state index in [0.29, 0.717) is 42.4 Å². The van der Waals surface area contributed by atoms with Crippen LogP contribution in [-0.4, -0.2) is 18.1 Å². The van der Waals surface area contributed by atoms with E-state index in [1.165, 1.54) is 0 Å². The number of hydrogen-bond acceptors (Lipinski definition) is 4. The smallest absolute Gasteiger partial charge is 0.348 e. The molecule has 17 heavy (non-hydrogen) atoms. The van der Waals surface area contributed by atoms with Gasteiger partial charge in [-0.15, -0.1) is 0 Å². The van der Waals surface area contributed by atoms with Crippen LogP contribution in [0.4, 0.5) is 18.3 Å². The second-order valence-electron chi connectivity index (χ2n) is 3.90. The Bertz CT molecular complexity index is 427. The van der Waals surface area contributed by atoms with Gasteiger partial charge in [0.05, 0.1) is 12.3 Å². The van der Waals surface area contributed by atoms with Crippen LogP contribution in [0.5, 0.6) is 0 Å². The van der Waals surface area contributed by atoms with Crippen molar-refractivity contribution in [1.82, 2.24) is 4.98 Å². The Hall–Kier alpha value is -1.29. The molecule has 1 saturated heterocycles. The van der Waals surface area contributed by atoms with Gasteiger partial charge in [-0.3, -0.25) is 0 Å². The Morgan fingerprint density at radius 1 is 1.41 bits per heavy atom. The first-order valence-electron chi connectivity index (χ1n) is 5.18. The van der Waals surface area contributed by atoms with E-state index in [0.717, 1.165) is 6.20 Å². The second-order valence-corrected chi connectivity index (χ2v) is 4.90. The molecule has 0 radical (unpaired) electrons. The Morgan fingerprint density at radius 2 is 2.06 bits per heavy atom. The van der Waals surface area contributed by atoms with Gasteiger partial charge < -0.3 is 4.90 Å². The molecule has 0 bridgehead atoms. The van der Waals surface area contributed by atoms with Crippen LogP contribution in [0.3, 0.4) is 0 Å². The maximum Gasteiger partial charge on any atom is 0.427 e. The van der Waals surface area contributed by atoms with Crippen LogP contribution in [0.1, 0.15) is 17.7 Å². The standard InChI is InChI=1S/C10H10F3N3S/c11-10(12,13)8-6-15-9(17-8)16-3-1-7(5-14)2-4-16/h6-7H,1-4H2. The number of halogens is 3. The monoisotopic (exact) mass is 261 g/mol. The van der Waals surface area contributed by atoms with E-state index in [1.54, 1.807) is 0 Å². The minimum atomic E-state index is -4.32. The first kappa shape index (κ1) is 12.2. The molecule has 1 fully saturated rings. The highest BCUT2D eigenvalue weighted by Gasteiger charge is 2.34. The van der Waals surface area contributed by atoms with Gasteiger partial charge in [-0.25, -0.2) is 4.98 Å². The molecule has 0 atom stereocenters. The third-order valence-electron chi connectivity index (χ3n) is 2.72. The van der Waals surface area contributed by atoms with Gasteiger partial charge in [-0.2, -0.15) is 18.4 Å². The second kappa shape index (κ2) is 4.53. The summed E-state index contributed by atoms with van der Waals surface area (Å²) in [6.07, 6.45) is -2.06. The summed E-state index contributed by atoms with van der Waals surface area (Å²) in [5.41, 5.74) is 0. The van der Waals surface area contributed by atoms with Gasteiger partial charge in [0, 0.05) is 19.0 Å². The molecule has 1 aromatic rings. The highest BCUT2D eigenvalue weighted by molar-refractivity contribution is 7.15. The zero-order valence-electron chi connectivity index (χ0n) is 8.87. The lowest BCUT2D eigenvalue weighted by Gasteiger charge is -2.28. The van der Waals surface area contributed by atoms with Crippen molar-refractivity contribution in [3.05, 3.63) is 11.1 Å². The minimum Gasteiger partial charge on any atom is -0.348 e. The maximum absolute atomic E-state index is 12.4. The lowest BCUT2D eigenvalue weighted by Crippen LogP contribution is -2.33. The fourth-order valence-electron chi connectivity index (χ4n) is 1.74. The Balaban J connectivity index is 2.05. The number of rotatable bonds is 1. The molecule has 7 heteroatoms. The summed E-state index contributed by atoms with van der Waals surface area (Å²) >= 11 is 0.662. The Morgan fingerprint density at radius 3 is 2.53 bits per heavy atom. The molecule has 0 spiro atoms. The van der Waals surface area contributed by atoms with Crippen LogP contribution in [0.25, 0.3) is 0 Å². The number of nitriles is 1. The van der Waals surface area contributed by atoms with Crippen molar-refractivity contribution in [1.29, 1.82) is 5.26 Å². The van der Waals surface area contributed by atoms with E-state index in [4.69, 9.17) is 5.26 Å². The lowest BCUT2D eigenvalue weighted by atomic mass is 9.99. The number of hydrogen-bond donors (Lipinski definition) is 0. The normalized spacial score (nSPS) is 18.1. The zero-order chi connectivity index (χ0) is 12.5. The minimum absolute atomic E-state index is 0.0216. The van der Waals surface area contributed by atoms with Crippen LogP contribution >= 0.6 is 11.3 Å². The zero-order valence-corrected chi connectivity index (χ0v) is 9.68. The van der Waals surface area contributed by atoms with Crippen molar-refractivity contribution in [2.45, 2.75) is 19.0 Å². The van der Waals surface area contributed by atoms with E-state index >= 15 is 0 Å². The summed E-state index contributed by atoms with van der Waals surface area (Å²) in [6.45, 7) is 1.20. The highest BCUT2D eigenvalue weighted by Crippen LogP contribution is 2.37. The molecule has 2 heterocycles. The fourth-order valence-corrected chi connectivity index (χ4v) is 2.58. The average molecular weight is 261 g/mol. The van der Waals surface area contributed by atoms with Crippen molar-refractivity contribution < 1.29 is 13.2 Å². The largest absolute Gasteiger partial charge is 0.427 e. The van der Waals surface area contributed by atoms with Crippen LogP contribution in [0.2, 0.25) is 0 Å². The number of nitrogens with zero attached hydrogens (tertiary/aromatic N) is 3. The van der Waals surface area contributed by atoms with E-state index < -0.39 is 11.1 Å². The fraction of sp³-hybridized carbons (Fsp3) is 0.600. The van der Waals surface area contributed by atoms with Crippen LogP contribution in [-0.2, 0) is 6.18 Å². The van der Waals surface area contributed by atoms with Gasteiger partial charge in [0.25, 0.3) is 0 Å². The predicted octanol–water partition coefficient (Wildman–Crippen LogP) is 2.90. The molecular weight excluding hydrogens is 251 g/mol. The number of piperidine rings is 1. The topological polar surface area (TPSA) is 39.9 Å². The number of aromatic nitrogens is 1. The quantitative estimate of drug-likeness (QED) is 0.780. The number of anilines is 1. The van der Waals surface area contributed by atoms with Gasteiger partial charge in [0.2, 0.25) is 0 Å². The molecule has 92 valence electrons. The third kappa shape index (κ3) is 2.69. The molecule has 0 N–H and O–H groups in total. The van der Waals surface area contributed by atoms with Crippen molar-refractivity contribution in [2.75, 3.05) is 18.0 Å². The van der Waals surface area contributed by atoms with Gasteiger partial charge >= 0.3 is 6.18 Å². The summed E-state index contributed by atoms with van der Waals surface area (Å²) < 4.78 is 37.2. The van der Waals surface area contributed by atoms with Gasteiger partial charge in [-0.1, -0.05) is 11.3 Å². The molecule has 1 aromatic heterocycles. The molecule has 0 amide bonds. The Kier molecular flexibility index (Phi) is 3.24. The Labute approximate surface area is 100 Å². The van der Waals surface area contributed by atoms with Crippen molar-refractivity contribution in [2.24, 2.45) is 5.92 Å². The molecule has 0 aliphatic carbocycles. The van der Waals surface area contributed by atoms with Crippen LogP contribution in [0, 0.1) is 17.2 Å². The van der Waals surface area contributed by atoms with Crippen molar-refractivity contribution in [3.8, 4) is 6.07 Å². The number of alkyl halides is 3.